The van der Waals surface area contributed by atoms with Crippen molar-refractivity contribution in [2.45, 2.75) is 6.43 Å². The van der Waals surface area contributed by atoms with Crippen molar-refractivity contribution in [3.05, 3.63) is 45.2 Å². The van der Waals surface area contributed by atoms with E-state index in [0.717, 1.165) is 20.7 Å². The molecule has 0 saturated carbocycles. The van der Waals surface area contributed by atoms with Gasteiger partial charge in [0.15, 0.2) is 0 Å². The number of benzene rings is 1. The van der Waals surface area contributed by atoms with Crippen LogP contribution in [0, 0.1) is 10.1 Å². The average Bonchev–Trinajstić information content (AvgIpc) is 2.98. The van der Waals surface area contributed by atoms with E-state index >= 15 is 0 Å². The summed E-state index contributed by atoms with van der Waals surface area (Å²) in [6.45, 7) is 0. The summed E-state index contributed by atoms with van der Waals surface area (Å²) < 4.78 is 27.3. The highest BCUT2D eigenvalue weighted by Gasteiger charge is 2.33. The Hall–Kier alpha value is -2.13. The summed E-state index contributed by atoms with van der Waals surface area (Å²) in [7, 11) is 0. The fourth-order valence-electron chi connectivity index (χ4n) is 1.80. The van der Waals surface area contributed by atoms with E-state index < -0.39 is 27.9 Å². The summed E-state index contributed by atoms with van der Waals surface area (Å²) >= 11 is 6.97. The molecule has 0 aliphatic rings. The van der Waals surface area contributed by atoms with E-state index in [-0.39, 0.29) is 5.13 Å². The fraction of sp³-hybridized carbons (Fsp3) is 0.0909. The van der Waals surface area contributed by atoms with Gasteiger partial charge in [0.25, 0.3) is 6.43 Å². The van der Waals surface area contributed by atoms with E-state index in [4.69, 9.17) is 11.6 Å². The van der Waals surface area contributed by atoms with Crippen LogP contribution < -0.4 is 0 Å². The third-order valence-corrected chi connectivity index (χ3v) is 4.04. The van der Waals surface area contributed by atoms with E-state index in [9.17, 15) is 18.9 Å². The fourth-order valence-corrected chi connectivity index (χ4v) is 3.06. The molecule has 3 aromatic rings. The molecule has 0 atom stereocenters. The van der Waals surface area contributed by atoms with Gasteiger partial charge in [-0.25, -0.2) is 13.8 Å². The van der Waals surface area contributed by atoms with Crippen molar-refractivity contribution in [2.75, 3.05) is 0 Å². The van der Waals surface area contributed by atoms with Gasteiger partial charge in [-0.3, -0.25) is 10.1 Å². The van der Waals surface area contributed by atoms with Crippen molar-refractivity contribution in [1.29, 1.82) is 0 Å². The summed E-state index contributed by atoms with van der Waals surface area (Å²) in [5.74, 6) is 0. The van der Waals surface area contributed by atoms with Crippen LogP contribution in [0.15, 0.2) is 24.3 Å². The van der Waals surface area contributed by atoms with Gasteiger partial charge in [0.1, 0.15) is 0 Å². The Morgan fingerprint density at radius 1 is 1.38 bits per heavy atom. The number of thiazole rings is 1. The molecule has 0 saturated heterocycles. The first-order chi connectivity index (χ1) is 9.99. The van der Waals surface area contributed by atoms with Gasteiger partial charge in [0, 0.05) is 0 Å². The predicted molar refractivity (Wildman–Crippen MR) is 73.4 cm³/mol. The van der Waals surface area contributed by atoms with Crippen LogP contribution in [0.2, 0.25) is 5.15 Å². The van der Waals surface area contributed by atoms with Crippen molar-refractivity contribution in [3.8, 4) is 5.13 Å². The second-order valence-electron chi connectivity index (χ2n) is 3.96. The average molecular weight is 331 g/mol. The molecule has 0 radical (unpaired) electrons. The SMILES string of the molecule is O=[N+]([O-])c1c(C(F)F)nn(-c2nc3ccccc3s2)c1Cl. The largest absolute Gasteiger partial charge is 0.335 e. The van der Waals surface area contributed by atoms with Gasteiger partial charge in [0.05, 0.1) is 15.1 Å². The maximum Gasteiger partial charge on any atom is 0.335 e. The summed E-state index contributed by atoms with van der Waals surface area (Å²) in [5.41, 5.74) is -1.24. The molecule has 10 heteroatoms. The van der Waals surface area contributed by atoms with Crippen molar-refractivity contribution >= 4 is 38.8 Å². The van der Waals surface area contributed by atoms with Crippen molar-refractivity contribution < 1.29 is 13.7 Å². The first kappa shape index (κ1) is 13.8. The summed E-state index contributed by atoms with van der Waals surface area (Å²) in [4.78, 5) is 14.1. The summed E-state index contributed by atoms with van der Waals surface area (Å²) in [6, 6.07) is 7.08. The lowest BCUT2D eigenvalue weighted by Gasteiger charge is -1.94. The predicted octanol–water partition coefficient (Wildman–Crippen LogP) is 3.98. The molecule has 108 valence electrons. The Morgan fingerprint density at radius 3 is 2.67 bits per heavy atom. The van der Waals surface area contributed by atoms with Crippen LogP contribution in [-0.4, -0.2) is 19.7 Å². The molecule has 0 fully saturated rings. The number of halogens is 3. The zero-order valence-electron chi connectivity index (χ0n) is 10.0. The smallest absolute Gasteiger partial charge is 0.258 e. The number of para-hydroxylation sites is 1. The minimum Gasteiger partial charge on any atom is -0.258 e. The van der Waals surface area contributed by atoms with Crippen LogP contribution in [-0.2, 0) is 0 Å². The third-order valence-electron chi connectivity index (χ3n) is 2.68. The number of aromatic nitrogens is 3. The lowest BCUT2D eigenvalue weighted by molar-refractivity contribution is -0.386. The number of rotatable bonds is 3. The van der Waals surface area contributed by atoms with Crippen LogP contribution in [0.1, 0.15) is 12.1 Å². The Bertz CT molecular complexity index is 815. The second-order valence-corrected chi connectivity index (χ2v) is 5.33. The minimum absolute atomic E-state index is 0.191. The van der Waals surface area contributed by atoms with Gasteiger partial charge in [-0.2, -0.15) is 9.78 Å². The number of nitro groups is 1. The molecule has 2 heterocycles. The molecule has 0 N–H and O–H groups in total. The summed E-state index contributed by atoms with van der Waals surface area (Å²) in [5, 5.41) is 14.1. The number of hydrogen-bond donors (Lipinski definition) is 0. The van der Waals surface area contributed by atoms with E-state index in [0.29, 0.717) is 5.52 Å². The Morgan fingerprint density at radius 2 is 2.10 bits per heavy atom. The molecule has 3 rings (SSSR count). The van der Waals surface area contributed by atoms with Crippen molar-refractivity contribution in [3.63, 3.8) is 0 Å². The Balaban J connectivity index is 2.22. The van der Waals surface area contributed by atoms with E-state index in [1.165, 1.54) is 0 Å². The number of alkyl halides is 2. The number of hydrogen-bond acceptors (Lipinski definition) is 5. The standard InChI is InChI=1S/C11H5ClF2N4O2S/c12-9-8(18(19)20)7(10(13)14)16-17(9)11-15-5-3-1-2-4-6(5)21-11/h1-4,10H. The molecule has 0 aliphatic heterocycles. The zero-order chi connectivity index (χ0) is 15.1. The molecule has 6 nitrogen and oxygen atoms in total. The molecule has 0 aliphatic carbocycles. The third kappa shape index (κ3) is 2.24. The minimum atomic E-state index is -3.10. The van der Waals surface area contributed by atoms with Crippen molar-refractivity contribution in [1.82, 2.24) is 14.8 Å². The van der Waals surface area contributed by atoms with Crippen LogP contribution >= 0.6 is 22.9 Å². The molecule has 1 aromatic carbocycles. The lowest BCUT2D eigenvalue weighted by atomic mass is 10.3. The highest BCUT2D eigenvalue weighted by molar-refractivity contribution is 7.20. The van der Waals surface area contributed by atoms with Gasteiger partial charge in [-0.15, -0.1) is 0 Å². The molecular formula is C11H5ClF2N4O2S. The molecule has 0 bridgehead atoms. The van der Waals surface area contributed by atoms with Crippen molar-refractivity contribution in [2.24, 2.45) is 0 Å². The molecule has 21 heavy (non-hydrogen) atoms. The molecule has 2 aromatic heterocycles. The second kappa shape index (κ2) is 5.01. The van der Waals surface area contributed by atoms with Gasteiger partial charge in [-0.1, -0.05) is 35.1 Å². The molecule has 0 amide bonds. The van der Waals surface area contributed by atoms with Gasteiger partial charge in [0.2, 0.25) is 16.0 Å². The highest BCUT2D eigenvalue weighted by atomic mass is 35.5. The quantitative estimate of drug-likeness (QED) is 0.537. The number of fused-ring (bicyclic) bond motifs is 1. The Labute approximate surface area is 124 Å². The maximum absolute atomic E-state index is 12.8. The first-order valence-electron chi connectivity index (χ1n) is 5.56. The topological polar surface area (TPSA) is 73.8 Å². The Kier molecular flexibility index (Phi) is 3.30. The van der Waals surface area contributed by atoms with Crippen LogP contribution in [0.4, 0.5) is 14.5 Å². The van der Waals surface area contributed by atoms with E-state index in [2.05, 4.69) is 10.1 Å². The summed E-state index contributed by atoms with van der Waals surface area (Å²) in [6.07, 6.45) is -3.10. The van der Waals surface area contributed by atoms with Crippen LogP contribution in [0.5, 0.6) is 0 Å². The zero-order valence-corrected chi connectivity index (χ0v) is 11.6. The highest BCUT2D eigenvalue weighted by Crippen LogP contribution is 2.37. The molecular weight excluding hydrogens is 326 g/mol. The van der Waals surface area contributed by atoms with Gasteiger partial charge >= 0.3 is 5.69 Å². The molecule has 0 spiro atoms. The first-order valence-corrected chi connectivity index (χ1v) is 6.75. The monoisotopic (exact) mass is 330 g/mol. The van der Waals surface area contributed by atoms with Gasteiger partial charge in [-0.05, 0) is 12.1 Å². The molecule has 0 unspecified atom stereocenters. The van der Waals surface area contributed by atoms with Gasteiger partial charge < -0.3 is 0 Å². The lowest BCUT2D eigenvalue weighted by Crippen LogP contribution is -1.96. The maximum atomic E-state index is 12.8. The van der Waals surface area contributed by atoms with E-state index in [1.807, 2.05) is 0 Å². The normalized spacial score (nSPS) is 11.4. The van der Waals surface area contributed by atoms with Crippen LogP contribution in [0.3, 0.4) is 0 Å². The number of nitrogens with zero attached hydrogens (tertiary/aromatic N) is 4. The van der Waals surface area contributed by atoms with Crippen LogP contribution in [0.25, 0.3) is 15.3 Å². The van der Waals surface area contributed by atoms with E-state index in [1.54, 1.807) is 24.3 Å².